The minimum absolute atomic E-state index is 0.115. The van der Waals surface area contributed by atoms with Gasteiger partial charge < -0.3 is 5.32 Å². The summed E-state index contributed by atoms with van der Waals surface area (Å²) >= 11 is 5.38. The number of rotatable bonds is 7. The van der Waals surface area contributed by atoms with Gasteiger partial charge in [0.1, 0.15) is 0 Å². The molecular formula is C21H22N2OS3. The van der Waals surface area contributed by atoms with Gasteiger partial charge in [0.2, 0.25) is 5.91 Å². The molecule has 0 saturated carbocycles. The topological polar surface area (TPSA) is 32.3 Å². The number of carbonyl (C=O) groups excluding carboxylic acids is 1. The Labute approximate surface area is 172 Å². The molecule has 0 saturated heterocycles. The largest absolute Gasteiger partial charge is 0.354 e. The van der Waals surface area contributed by atoms with Crippen molar-refractivity contribution in [2.75, 3.05) is 25.4 Å². The third-order valence-electron chi connectivity index (χ3n) is 4.66. The Kier molecular flexibility index (Phi) is 6.29. The average molecular weight is 415 g/mol. The Balaban J connectivity index is 1.33. The van der Waals surface area contributed by atoms with Crippen LogP contribution in [0.15, 0.2) is 64.2 Å². The molecule has 3 nitrogen and oxygen atoms in total. The molecule has 0 fully saturated rings. The van der Waals surface area contributed by atoms with Crippen LogP contribution in [0, 0.1) is 0 Å². The highest BCUT2D eigenvalue weighted by Gasteiger charge is 2.31. The van der Waals surface area contributed by atoms with Crippen LogP contribution in [0.3, 0.4) is 0 Å². The zero-order valence-electron chi connectivity index (χ0n) is 15.0. The van der Waals surface area contributed by atoms with Gasteiger partial charge in [-0.1, -0.05) is 24.3 Å². The van der Waals surface area contributed by atoms with Gasteiger partial charge in [-0.05, 0) is 47.0 Å². The van der Waals surface area contributed by atoms with Crippen molar-refractivity contribution in [3.05, 3.63) is 74.6 Å². The second-order valence-electron chi connectivity index (χ2n) is 6.45. The van der Waals surface area contributed by atoms with Crippen LogP contribution in [0.4, 0.5) is 0 Å². The van der Waals surface area contributed by atoms with Crippen molar-refractivity contribution < 1.29 is 4.79 Å². The first-order valence-electron chi connectivity index (χ1n) is 9.09. The number of fused-ring (bicyclic) bond motifs is 1. The first-order valence-corrected chi connectivity index (χ1v) is 11.8. The molecule has 1 aliphatic rings. The van der Waals surface area contributed by atoms with Crippen LogP contribution < -0.4 is 5.32 Å². The number of hydrogen-bond donors (Lipinski definition) is 1. The van der Waals surface area contributed by atoms with Crippen molar-refractivity contribution in [3.8, 4) is 0 Å². The molecule has 0 radical (unpaired) electrons. The van der Waals surface area contributed by atoms with E-state index in [4.69, 9.17) is 0 Å². The van der Waals surface area contributed by atoms with Gasteiger partial charge in [0, 0.05) is 33.5 Å². The molecule has 0 aliphatic carbocycles. The van der Waals surface area contributed by atoms with E-state index in [0.717, 1.165) is 18.7 Å². The van der Waals surface area contributed by atoms with Crippen molar-refractivity contribution in [1.29, 1.82) is 0 Å². The Morgan fingerprint density at radius 3 is 2.81 bits per heavy atom. The highest BCUT2D eigenvalue weighted by Crippen LogP contribution is 2.39. The van der Waals surface area contributed by atoms with Crippen LogP contribution in [0.5, 0.6) is 0 Å². The monoisotopic (exact) mass is 414 g/mol. The van der Waals surface area contributed by atoms with Gasteiger partial charge in [-0.25, -0.2) is 0 Å². The Bertz CT molecular complexity index is 861. The summed E-state index contributed by atoms with van der Waals surface area (Å²) in [4.78, 5) is 18.9. The van der Waals surface area contributed by atoms with Crippen LogP contribution in [0.25, 0.3) is 0 Å². The highest BCUT2D eigenvalue weighted by molar-refractivity contribution is 7.99. The molecule has 140 valence electrons. The van der Waals surface area contributed by atoms with E-state index in [1.54, 1.807) is 23.1 Å². The van der Waals surface area contributed by atoms with Gasteiger partial charge in [-0.3, -0.25) is 9.69 Å². The quantitative estimate of drug-likeness (QED) is 0.451. The molecule has 3 aromatic rings. The van der Waals surface area contributed by atoms with Crippen molar-refractivity contribution in [3.63, 3.8) is 0 Å². The molecule has 0 spiro atoms. The SMILES string of the molecule is O=C(CN1CCc2sccc2C1c1cccs1)NCCSc1ccccc1. The number of nitrogens with zero attached hydrogens (tertiary/aromatic N) is 1. The Morgan fingerprint density at radius 2 is 2.00 bits per heavy atom. The molecule has 0 bridgehead atoms. The minimum atomic E-state index is 0.115. The van der Waals surface area contributed by atoms with E-state index in [1.165, 1.54) is 20.2 Å². The Morgan fingerprint density at radius 1 is 1.11 bits per heavy atom. The standard InChI is InChI=1S/C21H22N2OS3/c24-20(22-10-14-25-16-5-2-1-3-6-16)15-23-11-8-18-17(9-13-27-18)21(23)19-7-4-12-26-19/h1-7,9,12-13,21H,8,10-11,14-15H2,(H,22,24). The lowest BCUT2D eigenvalue weighted by Gasteiger charge is -2.34. The van der Waals surface area contributed by atoms with Crippen molar-refractivity contribution in [2.45, 2.75) is 17.4 Å². The molecule has 3 heterocycles. The second kappa shape index (κ2) is 9.06. The predicted octanol–water partition coefficient (Wildman–Crippen LogP) is 4.67. The number of carbonyl (C=O) groups is 1. The van der Waals surface area contributed by atoms with E-state index in [2.05, 4.69) is 51.3 Å². The summed E-state index contributed by atoms with van der Waals surface area (Å²) in [6.45, 7) is 2.08. The number of amides is 1. The molecule has 2 aromatic heterocycles. The first kappa shape index (κ1) is 18.7. The lowest BCUT2D eigenvalue weighted by Crippen LogP contribution is -2.42. The maximum Gasteiger partial charge on any atom is 0.234 e. The maximum absolute atomic E-state index is 12.5. The summed E-state index contributed by atoms with van der Waals surface area (Å²) in [5.74, 6) is 1.00. The second-order valence-corrected chi connectivity index (χ2v) is 9.60. The van der Waals surface area contributed by atoms with Gasteiger partial charge in [-0.2, -0.15) is 0 Å². The van der Waals surface area contributed by atoms with E-state index in [-0.39, 0.29) is 11.9 Å². The molecule has 1 aliphatic heterocycles. The fraction of sp³-hybridized carbons (Fsp3) is 0.286. The van der Waals surface area contributed by atoms with E-state index < -0.39 is 0 Å². The van der Waals surface area contributed by atoms with E-state index in [9.17, 15) is 4.79 Å². The molecule has 1 aromatic carbocycles. The summed E-state index contributed by atoms with van der Waals surface area (Å²) < 4.78 is 0. The highest BCUT2D eigenvalue weighted by atomic mass is 32.2. The molecule has 6 heteroatoms. The third kappa shape index (κ3) is 4.63. The average Bonchev–Trinajstić information content (AvgIpc) is 3.38. The molecule has 1 unspecified atom stereocenters. The predicted molar refractivity (Wildman–Crippen MR) is 116 cm³/mol. The fourth-order valence-corrected chi connectivity index (χ4v) is 6.00. The van der Waals surface area contributed by atoms with Crippen LogP contribution in [0.1, 0.15) is 21.4 Å². The minimum Gasteiger partial charge on any atom is -0.354 e. The Hall–Kier alpha value is -1.60. The smallest absolute Gasteiger partial charge is 0.234 e. The van der Waals surface area contributed by atoms with Crippen LogP contribution in [-0.2, 0) is 11.2 Å². The zero-order valence-corrected chi connectivity index (χ0v) is 17.4. The summed E-state index contributed by atoms with van der Waals surface area (Å²) in [6, 6.07) is 17.0. The summed E-state index contributed by atoms with van der Waals surface area (Å²) in [6.07, 6.45) is 1.03. The van der Waals surface area contributed by atoms with Crippen molar-refractivity contribution >= 4 is 40.3 Å². The number of nitrogens with one attached hydrogen (secondary N) is 1. The molecule has 1 N–H and O–H groups in total. The molecule has 4 rings (SSSR count). The normalized spacial score (nSPS) is 16.8. The summed E-state index contributed by atoms with van der Waals surface area (Å²) in [5, 5.41) is 7.38. The summed E-state index contributed by atoms with van der Waals surface area (Å²) in [7, 11) is 0. The van der Waals surface area contributed by atoms with Crippen molar-refractivity contribution in [2.24, 2.45) is 0 Å². The summed E-state index contributed by atoms with van der Waals surface area (Å²) in [5.41, 5.74) is 1.38. The van der Waals surface area contributed by atoms with Crippen LogP contribution in [0.2, 0.25) is 0 Å². The van der Waals surface area contributed by atoms with Crippen LogP contribution >= 0.6 is 34.4 Å². The van der Waals surface area contributed by atoms with Gasteiger partial charge >= 0.3 is 0 Å². The maximum atomic E-state index is 12.5. The lowest BCUT2D eigenvalue weighted by molar-refractivity contribution is -0.122. The molecular weight excluding hydrogens is 392 g/mol. The molecule has 27 heavy (non-hydrogen) atoms. The van der Waals surface area contributed by atoms with Gasteiger partial charge in [-0.15, -0.1) is 34.4 Å². The number of hydrogen-bond acceptors (Lipinski definition) is 5. The van der Waals surface area contributed by atoms with E-state index in [0.29, 0.717) is 13.1 Å². The van der Waals surface area contributed by atoms with Gasteiger partial charge in [0.15, 0.2) is 0 Å². The first-order chi connectivity index (χ1) is 13.3. The number of thiophene rings is 2. The molecule has 1 atom stereocenters. The fourth-order valence-electron chi connectivity index (χ4n) is 3.44. The van der Waals surface area contributed by atoms with Gasteiger partial charge in [0.25, 0.3) is 0 Å². The number of thioether (sulfide) groups is 1. The zero-order chi connectivity index (χ0) is 18.5. The third-order valence-corrected chi connectivity index (χ3v) is 7.60. The van der Waals surface area contributed by atoms with E-state index >= 15 is 0 Å². The van der Waals surface area contributed by atoms with Crippen molar-refractivity contribution in [1.82, 2.24) is 10.2 Å². The lowest BCUT2D eigenvalue weighted by atomic mass is 9.98. The molecule has 1 amide bonds. The number of benzene rings is 1. The van der Waals surface area contributed by atoms with Crippen LogP contribution in [-0.4, -0.2) is 36.2 Å². The van der Waals surface area contributed by atoms with E-state index in [1.807, 2.05) is 29.5 Å². The van der Waals surface area contributed by atoms with Gasteiger partial charge in [0.05, 0.1) is 12.6 Å².